The van der Waals surface area contributed by atoms with Crippen LogP contribution in [0.4, 0.5) is 26.0 Å². The van der Waals surface area contributed by atoms with Gasteiger partial charge >= 0.3 is 0 Å². The Labute approximate surface area is 127 Å². The van der Waals surface area contributed by atoms with E-state index in [1.807, 2.05) is 6.07 Å². The SMILES string of the molecule is N#Cc1cccc(Nc2cc(F)c(N3CCCC3)c(F)c2)n1. The van der Waals surface area contributed by atoms with Crippen LogP contribution in [-0.2, 0) is 0 Å². The Hall–Kier alpha value is -2.68. The molecule has 1 N–H and O–H groups in total. The topological polar surface area (TPSA) is 52.0 Å². The van der Waals surface area contributed by atoms with E-state index in [0.29, 0.717) is 18.9 Å². The summed E-state index contributed by atoms with van der Waals surface area (Å²) in [6.45, 7) is 1.35. The predicted molar refractivity (Wildman–Crippen MR) is 80.0 cm³/mol. The van der Waals surface area contributed by atoms with Crippen LogP contribution in [0.25, 0.3) is 0 Å². The van der Waals surface area contributed by atoms with Crippen molar-refractivity contribution in [3.63, 3.8) is 0 Å². The third-order valence-electron chi connectivity index (χ3n) is 3.58. The van der Waals surface area contributed by atoms with Crippen molar-refractivity contribution in [1.29, 1.82) is 5.26 Å². The van der Waals surface area contributed by atoms with Gasteiger partial charge in [0.15, 0.2) is 11.6 Å². The van der Waals surface area contributed by atoms with Gasteiger partial charge in [-0.05, 0) is 37.1 Å². The van der Waals surface area contributed by atoms with Gasteiger partial charge in [0, 0.05) is 18.8 Å². The Kier molecular flexibility index (Phi) is 3.88. The van der Waals surface area contributed by atoms with E-state index in [-0.39, 0.29) is 17.1 Å². The summed E-state index contributed by atoms with van der Waals surface area (Å²) in [6.07, 6.45) is 1.90. The highest BCUT2D eigenvalue weighted by atomic mass is 19.1. The molecule has 1 aliphatic heterocycles. The molecule has 1 aromatic carbocycles. The maximum atomic E-state index is 14.2. The molecule has 6 heteroatoms. The van der Waals surface area contributed by atoms with E-state index in [0.717, 1.165) is 12.8 Å². The molecule has 0 radical (unpaired) electrons. The van der Waals surface area contributed by atoms with Crippen LogP contribution in [0.5, 0.6) is 0 Å². The Morgan fingerprint density at radius 1 is 1.14 bits per heavy atom. The Balaban J connectivity index is 1.87. The molecule has 1 saturated heterocycles. The normalized spacial score (nSPS) is 14.0. The molecule has 22 heavy (non-hydrogen) atoms. The van der Waals surface area contributed by atoms with E-state index in [1.54, 1.807) is 23.1 Å². The van der Waals surface area contributed by atoms with Gasteiger partial charge in [-0.2, -0.15) is 5.26 Å². The third kappa shape index (κ3) is 2.84. The quantitative estimate of drug-likeness (QED) is 0.941. The van der Waals surface area contributed by atoms with Gasteiger partial charge in [0.25, 0.3) is 0 Å². The van der Waals surface area contributed by atoms with Crippen LogP contribution >= 0.6 is 0 Å². The number of benzene rings is 1. The number of pyridine rings is 1. The summed E-state index contributed by atoms with van der Waals surface area (Å²) >= 11 is 0. The van der Waals surface area contributed by atoms with E-state index in [4.69, 9.17) is 5.26 Å². The van der Waals surface area contributed by atoms with Gasteiger partial charge in [-0.1, -0.05) is 6.07 Å². The van der Waals surface area contributed by atoms with Crippen molar-refractivity contribution in [2.24, 2.45) is 0 Å². The zero-order chi connectivity index (χ0) is 15.5. The first-order valence-corrected chi connectivity index (χ1v) is 7.05. The van der Waals surface area contributed by atoms with Gasteiger partial charge in [-0.15, -0.1) is 0 Å². The summed E-state index contributed by atoms with van der Waals surface area (Å²) in [5.41, 5.74) is 0.530. The molecule has 1 aliphatic rings. The summed E-state index contributed by atoms with van der Waals surface area (Å²) < 4.78 is 28.4. The van der Waals surface area contributed by atoms with Crippen LogP contribution in [0, 0.1) is 23.0 Å². The molecule has 2 heterocycles. The van der Waals surface area contributed by atoms with Crippen LogP contribution in [0.15, 0.2) is 30.3 Å². The van der Waals surface area contributed by atoms with Crippen molar-refractivity contribution < 1.29 is 8.78 Å². The molecular weight excluding hydrogens is 286 g/mol. The molecule has 0 spiro atoms. The van der Waals surface area contributed by atoms with Crippen molar-refractivity contribution in [2.45, 2.75) is 12.8 Å². The first-order valence-electron chi connectivity index (χ1n) is 7.05. The monoisotopic (exact) mass is 300 g/mol. The second-order valence-electron chi connectivity index (χ2n) is 5.13. The van der Waals surface area contributed by atoms with Crippen LogP contribution in [0.2, 0.25) is 0 Å². The average Bonchev–Trinajstić information content (AvgIpc) is 3.00. The lowest BCUT2D eigenvalue weighted by Gasteiger charge is -2.20. The minimum atomic E-state index is -0.596. The second-order valence-corrected chi connectivity index (χ2v) is 5.13. The number of hydrogen-bond acceptors (Lipinski definition) is 4. The number of halogens is 2. The maximum absolute atomic E-state index is 14.2. The lowest BCUT2D eigenvalue weighted by molar-refractivity contribution is 0.578. The van der Waals surface area contributed by atoms with Gasteiger partial charge in [-0.25, -0.2) is 13.8 Å². The van der Waals surface area contributed by atoms with Gasteiger partial charge < -0.3 is 10.2 Å². The highest BCUT2D eigenvalue weighted by Gasteiger charge is 2.21. The average molecular weight is 300 g/mol. The number of aromatic nitrogens is 1. The molecule has 2 aromatic rings. The first kappa shape index (κ1) is 14.3. The van der Waals surface area contributed by atoms with Crippen molar-refractivity contribution in [3.05, 3.63) is 47.7 Å². The predicted octanol–water partition coefficient (Wildman–Crippen LogP) is 3.58. The maximum Gasteiger partial charge on any atom is 0.151 e. The fraction of sp³-hybridized carbons (Fsp3) is 0.250. The molecule has 0 amide bonds. The molecule has 1 fully saturated rings. The Morgan fingerprint density at radius 2 is 1.82 bits per heavy atom. The molecule has 112 valence electrons. The van der Waals surface area contributed by atoms with Crippen LogP contribution in [0.1, 0.15) is 18.5 Å². The summed E-state index contributed by atoms with van der Waals surface area (Å²) in [5, 5.41) is 11.6. The Morgan fingerprint density at radius 3 is 2.45 bits per heavy atom. The van der Waals surface area contributed by atoms with Crippen LogP contribution < -0.4 is 10.2 Å². The molecule has 4 nitrogen and oxygen atoms in total. The number of hydrogen-bond donors (Lipinski definition) is 1. The first-order chi connectivity index (χ1) is 10.7. The van der Waals surface area contributed by atoms with E-state index in [9.17, 15) is 8.78 Å². The Bertz CT molecular complexity index is 710. The molecule has 0 atom stereocenters. The van der Waals surface area contributed by atoms with Crippen molar-refractivity contribution in [2.75, 3.05) is 23.3 Å². The van der Waals surface area contributed by atoms with Crippen molar-refractivity contribution in [3.8, 4) is 6.07 Å². The lowest BCUT2D eigenvalue weighted by atomic mass is 10.2. The van der Waals surface area contributed by atoms with E-state index < -0.39 is 11.6 Å². The lowest BCUT2D eigenvalue weighted by Crippen LogP contribution is -2.20. The molecule has 0 aliphatic carbocycles. The second kappa shape index (κ2) is 5.98. The van der Waals surface area contributed by atoms with E-state index in [1.165, 1.54) is 12.1 Å². The van der Waals surface area contributed by atoms with Crippen molar-refractivity contribution >= 4 is 17.2 Å². The molecular formula is C16H14F2N4. The summed E-state index contributed by atoms with van der Waals surface area (Å²) in [7, 11) is 0. The minimum absolute atomic E-state index is 0.0294. The fourth-order valence-electron chi connectivity index (χ4n) is 2.59. The van der Waals surface area contributed by atoms with Gasteiger partial charge in [0.05, 0.1) is 0 Å². The van der Waals surface area contributed by atoms with Gasteiger partial charge in [-0.3, -0.25) is 0 Å². The molecule has 0 saturated carbocycles. The molecule has 0 bridgehead atoms. The highest BCUT2D eigenvalue weighted by Crippen LogP contribution is 2.30. The summed E-state index contributed by atoms with van der Waals surface area (Å²) in [5.74, 6) is -0.826. The van der Waals surface area contributed by atoms with Crippen molar-refractivity contribution in [1.82, 2.24) is 4.98 Å². The number of nitrogens with zero attached hydrogens (tertiary/aromatic N) is 3. The molecule has 1 aromatic heterocycles. The zero-order valence-corrected chi connectivity index (χ0v) is 11.8. The number of nitriles is 1. The smallest absolute Gasteiger partial charge is 0.151 e. The number of rotatable bonds is 3. The fourth-order valence-corrected chi connectivity index (χ4v) is 2.59. The van der Waals surface area contributed by atoms with Gasteiger partial charge in [0.1, 0.15) is 23.3 Å². The summed E-state index contributed by atoms with van der Waals surface area (Å²) in [4.78, 5) is 5.74. The van der Waals surface area contributed by atoms with Gasteiger partial charge in [0.2, 0.25) is 0 Å². The third-order valence-corrected chi connectivity index (χ3v) is 3.58. The van der Waals surface area contributed by atoms with Crippen LogP contribution in [0.3, 0.4) is 0 Å². The highest BCUT2D eigenvalue weighted by molar-refractivity contribution is 5.62. The standard InChI is InChI=1S/C16H14F2N4/c17-13-8-12(21-15-5-3-4-11(10-19)20-15)9-14(18)16(13)22-6-1-2-7-22/h3-5,8-9H,1-2,6-7H2,(H,20,21). The molecule has 3 rings (SSSR count). The minimum Gasteiger partial charge on any atom is -0.367 e. The number of nitrogens with one attached hydrogen (secondary N) is 1. The zero-order valence-electron chi connectivity index (χ0n) is 11.8. The van der Waals surface area contributed by atoms with E-state index in [2.05, 4.69) is 10.3 Å². The largest absolute Gasteiger partial charge is 0.367 e. The summed E-state index contributed by atoms with van der Waals surface area (Å²) in [6, 6.07) is 9.25. The van der Waals surface area contributed by atoms with E-state index >= 15 is 0 Å². The van der Waals surface area contributed by atoms with Crippen LogP contribution in [-0.4, -0.2) is 18.1 Å². The molecule has 0 unspecified atom stereocenters. The number of anilines is 3.